The number of amides is 2. The van der Waals surface area contributed by atoms with Gasteiger partial charge in [0.1, 0.15) is 13.2 Å². The molecule has 1 aliphatic rings. The number of nitro groups is 1. The molecule has 2 unspecified atom stereocenters. The summed E-state index contributed by atoms with van der Waals surface area (Å²) in [4.78, 5) is 35.8. The first-order chi connectivity index (χ1) is 15.6. The van der Waals surface area contributed by atoms with Crippen molar-refractivity contribution < 1.29 is 31.9 Å². The van der Waals surface area contributed by atoms with Crippen molar-refractivity contribution in [1.82, 2.24) is 10.2 Å². The fraction of sp³-hybridized carbons (Fsp3) is 0.526. The molecule has 0 spiro atoms. The number of hydrogen-bond donors (Lipinski definition) is 1. The summed E-state index contributed by atoms with van der Waals surface area (Å²) in [7, 11) is -3.71. The largest absolute Gasteiger partial charge is 0.445 e. The van der Waals surface area contributed by atoms with Crippen molar-refractivity contribution in [2.75, 3.05) is 30.9 Å². The highest BCUT2D eigenvalue weighted by atomic mass is 32.2. The first-order valence-corrected chi connectivity index (χ1v) is 12.8. The average Bonchev–Trinajstić information content (AvgIpc) is 3.14. The third kappa shape index (κ3) is 9.24. The van der Waals surface area contributed by atoms with Gasteiger partial charge in [-0.05, 0) is 24.1 Å². The van der Waals surface area contributed by atoms with Crippen LogP contribution >= 0.6 is 11.8 Å². The molecule has 1 fully saturated rings. The predicted octanol–water partition coefficient (Wildman–Crippen LogP) is 1.41. The van der Waals surface area contributed by atoms with Gasteiger partial charge in [0.2, 0.25) is 5.91 Å². The highest BCUT2D eigenvalue weighted by molar-refractivity contribution is 7.99. The maximum Gasteiger partial charge on any atom is 0.410 e. The molecule has 1 heterocycles. The van der Waals surface area contributed by atoms with Crippen LogP contribution in [0.1, 0.15) is 18.4 Å². The average molecular weight is 501 g/mol. The molecule has 1 aromatic rings. The van der Waals surface area contributed by atoms with E-state index in [1.165, 1.54) is 40.9 Å². The second-order valence-corrected chi connectivity index (χ2v) is 9.95. The molecular weight excluding hydrogens is 476 g/mol. The number of likely N-dealkylation sites (tertiary alicyclic amines) is 1. The molecule has 1 aromatic carbocycles. The van der Waals surface area contributed by atoms with Gasteiger partial charge >= 0.3 is 6.09 Å². The number of non-ortho nitro benzene ring substituents is 1. The molecule has 33 heavy (non-hydrogen) atoms. The van der Waals surface area contributed by atoms with Crippen LogP contribution in [0.25, 0.3) is 0 Å². The fourth-order valence-corrected chi connectivity index (χ4v) is 4.84. The number of nitro benzene ring substituents is 1. The minimum Gasteiger partial charge on any atom is -0.445 e. The van der Waals surface area contributed by atoms with E-state index in [-0.39, 0.29) is 50.2 Å². The number of rotatable bonds is 11. The lowest BCUT2D eigenvalue weighted by molar-refractivity contribution is -0.384. The highest BCUT2D eigenvalue weighted by Gasteiger charge is 2.38. The fourth-order valence-electron chi connectivity index (χ4n) is 3.12. The number of carbonyl (C=O) groups is 2. The summed E-state index contributed by atoms with van der Waals surface area (Å²) in [5.41, 5.74) is 0.482. The molecule has 1 N–H and O–H groups in total. The third-order valence-electron chi connectivity index (χ3n) is 4.58. The summed E-state index contributed by atoms with van der Waals surface area (Å²) in [6, 6.07) is 7.03. The molecule has 2 rings (SSSR count). The Morgan fingerprint density at radius 2 is 2.06 bits per heavy atom. The smallest absolute Gasteiger partial charge is 0.410 e. The van der Waals surface area contributed by atoms with E-state index in [1.807, 2.05) is 6.07 Å². The van der Waals surface area contributed by atoms with Crippen LogP contribution in [0.4, 0.5) is 10.5 Å². The topological polar surface area (TPSA) is 169 Å². The third-order valence-corrected chi connectivity index (χ3v) is 6.31. The predicted molar refractivity (Wildman–Crippen MR) is 119 cm³/mol. The second-order valence-electron chi connectivity index (χ2n) is 7.20. The first-order valence-electron chi connectivity index (χ1n) is 9.85. The normalized spacial score (nSPS) is 17.9. The van der Waals surface area contributed by atoms with E-state index in [2.05, 4.69) is 5.32 Å². The summed E-state index contributed by atoms with van der Waals surface area (Å²) >= 11 is 1.41. The molecule has 0 saturated carbocycles. The maximum atomic E-state index is 12.7. The molecule has 0 aliphatic carbocycles. The number of hydrogen-bond acceptors (Lipinski definition) is 10. The van der Waals surface area contributed by atoms with Crippen LogP contribution in [0.15, 0.2) is 24.3 Å². The van der Waals surface area contributed by atoms with Crippen molar-refractivity contribution in [2.24, 2.45) is 0 Å². The number of nitriles is 1. The molecule has 1 saturated heterocycles. The Kier molecular flexibility index (Phi) is 9.89. The Morgan fingerprint density at radius 1 is 1.36 bits per heavy atom. The van der Waals surface area contributed by atoms with E-state index in [4.69, 9.17) is 14.2 Å². The van der Waals surface area contributed by atoms with Crippen LogP contribution in [0, 0.1) is 21.4 Å². The molecular formula is C19H24N4O8S2. The van der Waals surface area contributed by atoms with Crippen LogP contribution in [-0.4, -0.2) is 73.2 Å². The Morgan fingerprint density at radius 3 is 2.67 bits per heavy atom. The summed E-state index contributed by atoms with van der Waals surface area (Å²) in [6.07, 6.45) is 0.0497. The van der Waals surface area contributed by atoms with Crippen molar-refractivity contribution in [2.45, 2.75) is 31.6 Å². The van der Waals surface area contributed by atoms with Gasteiger partial charge in [0.25, 0.3) is 15.8 Å². The number of ether oxygens (including phenoxy) is 1. The van der Waals surface area contributed by atoms with Crippen LogP contribution in [0.5, 0.6) is 0 Å². The lowest BCUT2D eigenvalue weighted by Crippen LogP contribution is -2.38. The quantitative estimate of drug-likeness (QED) is 0.154. The van der Waals surface area contributed by atoms with Gasteiger partial charge in [-0.3, -0.25) is 19.1 Å². The molecule has 2 atom stereocenters. The Hall–Kier alpha value is -2.89. The molecule has 1 aliphatic heterocycles. The first kappa shape index (κ1) is 26.4. The minimum absolute atomic E-state index is 0.0278. The molecule has 14 heteroatoms. The van der Waals surface area contributed by atoms with Crippen molar-refractivity contribution >= 4 is 39.6 Å². The van der Waals surface area contributed by atoms with E-state index in [9.17, 15) is 28.1 Å². The summed E-state index contributed by atoms with van der Waals surface area (Å²) in [6.45, 7) is -0.144. The van der Waals surface area contributed by atoms with E-state index >= 15 is 0 Å². The lowest BCUT2D eigenvalue weighted by atomic mass is 10.2. The zero-order chi connectivity index (χ0) is 24.4. The standard InChI is InChI=1S/C19H24N4O8S2/c1-33(28,29)31-17-10-16(13-32-9-6-18(24)21-8-7-20)22(11-17)19(25)30-12-14-2-4-15(5-3-14)23(26)27/h2-5,16-17H,6,8-13H2,1H3,(H,21,24). The van der Waals surface area contributed by atoms with Gasteiger partial charge in [-0.15, -0.1) is 0 Å². The molecule has 0 aromatic heterocycles. The maximum absolute atomic E-state index is 12.7. The van der Waals surface area contributed by atoms with Gasteiger partial charge in [0.05, 0.1) is 29.9 Å². The van der Waals surface area contributed by atoms with E-state index in [0.29, 0.717) is 17.1 Å². The second kappa shape index (κ2) is 12.4. The van der Waals surface area contributed by atoms with Crippen LogP contribution < -0.4 is 5.32 Å². The number of nitrogens with one attached hydrogen (secondary N) is 1. The van der Waals surface area contributed by atoms with Crippen LogP contribution in [0.2, 0.25) is 0 Å². The van der Waals surface area contributed by atoms with E-state index in [1.54, 1.807) is 0 Å². The zero-order valence-electron chi connectivity index (χ0n) is 17.8. The van der Waals surface area contributed by atoms with Crippen molar-refractivity contribution in [3.63, 3.8) is 0 Å². The van der Waals surface area contributed by atoms with Gasteiger partial charge < -0.3 is 15.0 Å². The summed E-state index contributed by atoms with van der Waals surface area (Å²) in [5, 5.41) is 21.6. The van der Waals surface area contributed by atoms with Crippen LogP contribution in [-0.2, 0) is 30.4 Å². The molecule has 180 valence electrons. The van der Waals surface area contributed by atoms with Crippen molar-refractivity contribution in [3.05, 3.63) is 39.9 Å². The molecule has 2 amide bonds. The molecule has 12 nitrogen and oxygen atoms in total. The van der Waals surface area contributed by atoms with Gasteiger partial charge in [-0.25, -0.2) is 4.79 Å². The summed E-state index contributed by atoms with van der Waals surface area (Å²) in [5.74, 6) is 0.631. The number of carbonyl (C=O) groups excluding carboxylic acids is 2. The summed E-state index contributed by atoms with van der Waals surface area (Å²) < 4.78 is 33.4. The monoisotopic (exact) mass is 500 g/mol. The molecule has 0 radical (unpaired) electrons. The van der Waals surface area contributed by atoms with E-state index in [0.717, 1.165) is 6.26 Å². The number of thioether (sulfide) groups is 1. The number of benzene rings is 1. The minimum atomic E-state index is -3.71. The Labute approximate surface area is 195 Å². The van der Waals surface area contributed by atoms with Gasteiger partial charge in [-0.2, -0.15) is 25.4 Å². The molecule has 0 bridgehead atoms. The van der Waals surface area contributed by atoms with Gasteiger partial charge in [0.15, 0.2) is 0 Å². The number of nitrogens with zero attached hydrogens (tertiary/aromatic N) is 3. The zero-order valence-corrected chi connectivity index (χ0v) is 19.5. The SMILES string of the molecule is CS(=O)(=O)OC1CC(CSCCC(=O)NCC#N)N(C(=O)OCc2ccc([N+](=O)[O-])cc2)C1. The Balaban J connectivity index is 1.92. The van der Waals surface area contributed by atoms with Crippen LogP contribution in [0.3, 0.4) is 0 Å². The van der Waals surface area contributed by atoms with Gasteiger partial charge in [0, 0.05) is 36.1 Å². The lowest BCUT2D eigenvalue weighted by Gasteiger charge is -2.23. The van der Waals surface area contributed by atoms with E-state index < -0.39 is 27.2 Å². The van der Waals surface area contributed by atoms with Crippen molar-refractivity contribution in [3.8, 4) is 6.07 Å². The highest BCUT2D eigenvalue weighted by Crippen LogP contribution is 2.26. The Bertz CT molecular complexity index is 994. The van der Waals surface area contributed by atoms with Gasteiger partial charge in [-0.1, -0.05) is 0 Å². The van der Waals surface area contributed by atoms with Crippen molar-refractivity contribution in [1.29, 1.82) is 5.26 Å².